The number of rotatable bonds is 7. The summed E-state index contributed by atoms with van der Waals surface area (Å²) in [5.41, 5.74) is -0.988. The molecular formula is C15H21NO11S2. The first-order chi connectivity index (χ1) is 13.5. The largest absolute Gasteiger partial charge is 0.508 e. The lowest BCUT2D eigenvalue weighted by atomic mass is 10.0. The van der Waals surface area contributed by atoms with Gasteiger partial charge < -0.3 is 35.4 Å². The van der Waals surface area contributed by atoms with Crippen LogP contribution in [0.3, 0.4) is 0 Å². The molecule has 1 fully saturated rings. The summed E-state index contributed by atoms with van der Waals surface area (Å²) >= 11 is 0.551. The monoisotopic (exact) mass is 455 g/mol. The van der Waals surface area contributed by atoms with Crippen molar-refractivity contribution in [3.8, 4) is 5.75 Å². The second kappa shape index (κ2) is 10.0. The molecule has 1 aliphatic rings. The Labute approximate surface area is 170 Å². The van der Waals surface area contributed by atoms with Gasteiger partial charge in [0.1, 0.15) is 40.6 Å². The van der Waals surface area contributed by atoms with E-state index >= 15 is 0 Å². The van der Waals surface area contributed by atoms with Crippen molar-refractivity contribution < 1.29 is 52.6 Å². The van der Waals surface area contributed by atoms with E-state index in [1.165, 1.54) is 24.3 Å². The number of aromatic hydroxyl groups is 1. The van der Waals surface area contributed by atoms with E-state index in [0.717, 1.165) is 0 Å². The van der Waals surface area contributed by atoms with Crippen molar-refractivity contribution in [3.05, 3.63) is 29.8 Å². The normalized spacial score (nSPS) is 29.4. The number of hydrogen-bond donors (Lipinski definition) is 7. The number of phenols is 1. The van der Waals surface area contributed by atoms with Crippen LogP contribution in [0, 0.1) is 0 Å². The van der Waals surface area contributed by atoms with Crippen LogP contribution in [0.5, 0.6) is 5.75 Å². The highest BCUT2D eigenvalue weighted by atomic mass is 32.3. The van der Waals surface area contributed by atoms with Gasteiger partial charge in [-0.25, -0.2) is 4.28 Å². The first kappa shape index (κ1) is 23.8. The molecule has 0 aliphatic carbocycles. The van der Waals surface area contributed by atoms with E-state index in [4.69, 9.17) is 9.29 Å². The summed E-state index contributed by atoms with van der Waals surface area (Å²) in [5, 5.41) is 61.6. The average Bonchev–Trinajstić information content (AvgIpc) is 2.66. The van der Waals surface area contributed by atoms with Crippen molar-refractivity contribution in [1.29, 1.82) is 0 Å². The fourth-order valence-corrected chi connectivity index (χ4v) is 3.81. The predicted molar refractivity (Wildman–Crippen MR) is 99.1 cm³/mol. The standard InChI is InChI=1S/C15H21NO11S2/c17-6-10-12(20)13(21)14(22)15(26-10)28-11(16-27-29(23,24)25)5-9(19)7-1-3-8(18)4-2-7/h1-4,9-10,12-15,17-22H,5-6H2,(H,23,24,25)/b16-11+/t9-,10-,12-,13+,14-,15+/m1/s1. The number of aliphatic hydroxyl groups excluding tert-OH is 5. The number of oxime groups is 1. The van der Waals surface area contributed by atoms with Crippen LogP contribution >= 0.6 is 11.8 Å². The van der Waals surface area contributed by atoms with Gasteiger partial charge in [-0.3, -0.25) is 4.55 Å². The smallest absolute Gasteiger partial charge is 0.466 e. The molecule has 1 heterocycles. The summed E-state index contributed by atoms with van der Waals surface area (Å²) in [4.78, 5) is 0. The highest BCUT2D eigenvalue weighted by Crippen LogP contribution is 2.32. The first-order valence-electron chi connectivity index (χ1n) is 8.19. The van der Waals surface area contributed by atoms with E-state index in [1.807, 2.05) is 0 Å². The summed E-state index contributed by atoms with van der Waals surface area (Å²) in [5.74, 6) is -0.0414. The zero-order chi connectivity index (χ0) is 21.8. The van der Waals surface area contributed by atoms with E-state index in [0.29, 0.717) is 17.3 Å². The maximum absolute atomic E-state index is 10.8. The Morgan fingerprint density at radius 3 is 2.34 bits per heavy atom. The summed E-state index contributed by atoms with van der Waals surface area (Å²) in [6, 6.07) is 5.43. The second-order valence-corrected chi connectivity index (χ2v) is 8.29. The zero-order valence-corrected chi connectivity index (χ0v) is 16.3. The van der Waals surface area contributed by atoms with Gasteiger partial charge >= 0.3 is 10.4 Å². The molecule has 0 bridgehead atoms. The quantitative estimate of drug-likeness (QED) is 0.108. The van der Waals surface area contributed by atoms with Crippen molar-refractivity contribution in [2.24, 2.45) is 5.16 Å². The van der Waals surface area contributed by atoms with Gasteiger partial charge in [-0.2, -0.15) is 8.42 Å². The summed E-state index contributed by atoms with van der Waals surface area (Å²) in [6.45, 7) is -0.674. The number of phenolic OH excluding ortho intramolecular Hbond substituents is 1. The molecule has 164 valence electrons. The third-order valence-electron chi connectivity index (χ3n) is 3.98. The molecule has 2 rings (SSSR count). The molecule has 1 aromatic rings. The minimum Gasteiger partial charge on any atom is -0.508 e. The van der Waals surface area contributed by atoms with Gasteiger partial charge in [0.2, 0.25) is 0 Å². The van der Waals surface area contributed by atoms with Gasteiger partial charge in [0.05, 0.1) is 12.7 Å². The van der Waals surface area contributed by atoms with Crippen LogP contribution in [0.2, 0.25) is 0 Å². The molecule has 12 nitrogen and oxygen atoms in total. The number of benzene rings is 1. The Morgan fingerprint density at radius 1 is 1.17 bits per heavy atom. The Kier molecular flexibility index (Phi) is 8.21. The highest BCUT2D eigenvalue weighted by molar-refractivity contribution is 8.14. The lowest BCUT2D eigenvalue weighted by molar-refractivity contribution is -0.205. The molecule has 1 saturated heterocycles. The van der Waals surface area contributed by atoms with Crippen LogP contribution in [-0.4, -0.2) is 85.1 Å². The number of nitrogens with zero attached hydrogens (tertiary/aromatic N) is 1. The molecule has 0 unspecified atom stereocenters. The maximum atomic E-state index is 10.8. The Morgan fingerprint density at radius 2 is 1.79 bits per heavy atom. The van der Waals surface area contributed by atoms with Crippen LogP contribution in [0.15, 0.2) is 29.4 Å². The van der Waals surface area contributed by atoms with Gasteiger partial charge in [0.25, 0.3) is 0 Å². The second-order valence-electron chi connectivity index (χ2n) is 6.11. The van der Waals surface area contributed by atoms with Crippen LogP contribution in [-0.2, 0) is 19.4 Å². The minimum atomic E-state index is -4.96. The SMILES string of the molecule is O=S(=O)(O)O/N=C(\C[C@@H](O)c1ccc(O)cc1)S[C@@H]1O[C@H](CO)[C@@H](O)[C@H](O)[C@H]1O. The van der Waals surface area contributed by atoms with Gasteiger partial charge in [0, 0.05) is 6.42 Å². The third-order valence-corrected chi connectivity index (χ3v) is 5.38. The summed E-state index contributed by atoms with van der Waals surface area (Å²) in [6.07, 6.45) is -7.75. The lowest BCUT2D eigenvalue weighted by Crippen LogP contribution is -2.57. The zero-order valence-electron chi connectivity index (χ0n) is 14.7. The molecule has 0 aromatic heterocycles. The van der Waals surface area contributed by atoms with Crippen LogP contribution in [0.1, 0.15) is 18.1 Å². The number of hydrogen-bond acceptors (Lipinski definition) is 12. The van der Waals surface area contributed by atoms with Crippen LogP contribution < -0.4 is 0 Å². The highest BCUT2D eigenvalue weighted by Gasteiger charge is 2.44. The Balaban J connectivity index is 2.20. The lowest BCUT2D eigenvalue weighted by Gasteiger charge is -2.39. The molecule has 0 saturated carbocycles. The Hall–Kier alpha value is -1.49. The molecule has 1 aliphatic heterocycles. The average molecular weight is 455 g/mol. The van der Waals surface area contributed by atoms with E-state index in [9.17, 15) is 39.1 Å². The van der Waals surface area contributed by atoms with Crippen LogP contribution in [0.25, 0.3) is 0 Å². The summed E-state index contributed by atoms with van der Waals surface area (Å²) in [7, 11) is -4.96. The van der Waals surface area contributed by atoms with Crippen molar-refractivity contribution in [3.63, 3.8) is 0 Å². The fourth-order valence-electron chi connectivity index (χ4n) is 2.47. The number of thioether (sulfide) groups is 1. The number of aliphatic hydroxyl groups is 5. The fraction of sp³-hybridized carbons (Fsp3) is 0.533. The molecule has 29 heavy (non-hydrogen) atoms. The molecule has 6 atom stereocenters. The van der Waals surface area contributed by atoms with Gasteiger partial charge in [0.15, 0.2) is 0 Å². The molecular weight excluding hydrogens is 434 g/mol. The maximum Gasteiger partial charge on any atom is 0.466 e. The van der Waals surface area contributed by atoms with Gasteiger partial charge in [-0.1, -0.05) is 29.1 Å². The van der Waals surface area contributed by atoms with Crippen molar-refractivity contribution >= 4 is 27.2 Å². The van der Waals surface area contributed by atoms with Crippen LogP contribution in [0.4, 0.5) is 0 Å². The summed E-state index contributed by atoms with van der Waals surface area (Å²) < 4.78 is 39.6. The third kappa shape index (κ3) is 6.77. The van der Waals surface area contributed by atoms with Crippen molar-refractivity contribution in [2.45, 2.75) is 42.4 Å². The topological polar surface area (TPSA) is 207 Å². The predicted octanol–water partition coefficient (Wildman–Crippen LogP) is -1.52. The van der Waals surface area contributed by atoms with Gasteiger partial charge in [-0.05, 0) is 17.7 Å². The Bertz CT molecular complexity index is 799. The molecule has 7 N–H and O–H groups in total. The minimum absolute atomic E-state index is 0.0414. The number of ether oxygens (including phenoxy) is 1. The molecule has 1 aromatic carbocycles. The molecule has 0 radical (unpaired) electrons. The van der Waals surface area contributed by atoms with Gasteiger partial charge in [-0.15, -0.1) is 0 Å². The molecule has 0 spiro atoms. The molecule has 0 amide bonds. The van der Waals surface area contributed by atoms with E-state index in [2.05, 4.69) is 9.44 Å². The van der Waals surface area contributed by atoms with E-state index in [1.54, 1.807) is 0 Å². The van der Waals surface area contributed by atoms with E-state index < -0.39 is 53.0 Å². The van der Waals surface area contributed by atoms with E-state index in [-0.39, 0.29) is 17.2 Å². The first-order valence-corrected chi connectivity index (χ1v) is 10.4. The van der Waals surface area contributed by atoms with Crippen molar-refractivity contribution in [1.82, 2.24) is 0 Å². The molecule has 14 heteroatoms. The van der Waals surface area contributed by atoms with Crippen molar-refractivity contribution in [2.75, 3.05) is 6.61 Å².